The molecule has 0 aliphatic rings. The molecule has 0 bridgehead atoms. The molecule has 0 saturated carbocycles. The summed E-state index contributed by atoms with van der Waals surface area (Å²) < 4.78 is 1.81. The van der Waals surface area contributed by atoms with E-state index in [-0.39, 0.29) is 5.78 Å². The van der Waals surface area contributed by atoms with Gasteiger partial charge in [-0.25, -0.2) is 0 Å². The van der Waals surface area contributed by atoms with Crippen LogP contribution < -0.4 is 0 Å². The first-order valence-corrected chi connectivity index (χ1v) is 5.93. The van der Waals surface area contributed by atoms with Gasteiger partial charge >= 0.3 is 0 Å². The normalized spacial score (nSPS) is 10.7. The molecule has 2 heterocycles. The van der Waals surface area contributed by atoms with Gasteiger partial charge in [-0.3, -0.25) is 14.5 Å². The van der Waals surface area contributed by atoms with E-state index in [2.05, 4.69) is 10.1 Å². The third-order valence-corrected chi connectivity index (χ3v) is 3.34. The van der Waals surface area contributed by atoms with Gasteiger partial charge in [0.05, 0.1) is 5.69 Å². The summed E-state index contributed by atoms with van der Waals surface area (Å²) >= 11 is 0. The Morgan fingerprint density at radius 3 is 2.61 bits per heavy atom. The van der Waals surface area contributed by atoms with Gasteiger partial charge < -0.3 is 0 Å². The summed E-state index contributed by atoms with van der Waals surface area (Å²) in [6.07, 6.45) is 3.73. The molecule has 2 aromatic rings. The highest BCUT2D eigenvalue weighted by Gasteiger charge is 2.16. The summed E-state index contributed by atoms with van der Waals surface area (Å²) in [5.41, 5.74) is 4.65. The third kappa shape index (κ3) is 2.18. The minimum atomic E-state index is 0.0970. The zero-order valence-corrected chi connectivity index (χ0v) is 11.2. The molecule has 0 aromatic carbocycles. The fourth-order valence-electron chi connectivity index (χ4n) is 2.08. The first-order chi connectivity index (χ1) is 8.50. The van der Waals surface area contributed by atoms with Crippen LogP contribution in [0.15, 0.2) is 18.5 Å². The molecule has 0 aliphatic heterocycles. The van der Waals surface area contributed by atoms with Gasteiger partial charge in [0.25, 0.3) is 0 Å². The average molecular weight is 243 g/mol. The molecule has 0 spiro atoms. The first-order valence-electron chi connectivity index (χ1n) is 5.93. The van der Waals surface area contributed by atoms with Crippen molar-refractivity contribution < 1.29 is 4.79 Å². The molecule has 0 unspecified atom stereocenters. The van der Waals surface area contributed by atoms with Crippen molar-refractivity contribution in [1.29, 1.82) is 0 Å². The summed E-state index contributed by atoms with van der Waals surface area (Å²) in [6, 6.07) is 1.86. The zero-order chi connectivity index (χ0) is 13.3. The second-order valence-electron chi connectivity index (χ2n) is 4.56. The minimum absolute atomic E-state index is 0.0970. The Bertz CT molecular complexity index is 599. The molecule has 0 atom stereocenters. The Hall–Kier alpha value is -1.97. The van der Waals surface area contributed by atoms with Crippen molar-refractivity contribution >= 4 is 5.78 Å². The van der Waals surface area contributed by atoms with Gasteiger partial charge in [0.1, 0.15) is 0 Å². The molecule has 2 rings (SSSR count). The maximum atomic E-state index is 12.3. The van der Waals surface area contributed by atoms with Gasteiger partial charge in [0.2, 0.25) is 0 Å². The van der Waals surface area contributed by atoms with E-state index in [4.69, 9.17) is 0 Å². The van der Waals surface area contributed by atoms with Crippen molar-refractivity contribution in [2.45, 2.75) is 27.2 Å². The van der Waals surface area contributed by atoms with Crippen LogP contribution in [0.1, 0.15) is 32.9 Å². The van der Waals surface area contributed by atoms with Crippen molar-refractivity contribution in [2.75, 3.05) is 0 Å². The molecular weight excluding hydrogens is 226 g/mol. The van der Waals surface area contributed by atoms with E-state index >= 15 is 0 Å². The van der Waals surface area contributed by atoms with Gasteiger partial charge in [0.15, 0.2) is 5.78 Å². The third-order valence-electron chi connectivity index (χ3n) is 3.34. The van der Waals surface area contributed by atoms with E-state index in [0.717, 1.165) is 22.5 Å². The number of ketones is 1. The van der Waals surface area contributed by atoms with Crippen LogP contribution in [0.5, 0.6) is 0 Å². The average Bonchev–Trinajstić information content (AvgIpc) is 2.56. The lowest BCUT2D eigenvalue weighted by Gasteiger charge is -2.04. The molecule has 4 heteroatoms. The van der Waals surface area contributed by atoms with Crippen LogP contribution in [0.4, 0.5) is 0 Å². The summed E-state index contributed by atoms with van der Waals surface area (Å²) in [4.78, 5) is 16.3. The molecule has 4 nitrogen and oxygen atoms in total. The Balaban J connectivity index is 2.30. The van der Waals surface area contributed by atoms with Crippen LogP contribution in [0, 0.1) is 20.8 Å². The topological polar surface area (TPSA) is 47.8 Å². The number of carbonyl (C=O) groups is 1. The number of carbonyl (C=O) groups excluding carboxylic acids is 1. The lowest BCUT2D eigenvalue weighted by Crippen LogP contribution is -2.07. The summed E-state index contributed by atoms with van der Waals surface area (Å²) in [6.45, 7) is 5.85. The predicted octanol–water partition coefficient (Wildman–Crippen LogP) is 2.17. The van der Waals surface area contributed by atoms with E-state index in [1.54, 1.807) is 12.4 Å². The highest BCUT2D eigenvalue weighted by molar-refractivity contribution is 5.98. The maximum Gasteiger partial charge on any atom is 0.169 e. The first kappa shape index (κ1) is 12.5. The number of nitrogens with zero attached hydrogens (tertiary/aromatic N) is 3. The summed E-state index contributed by atoms with van der Waals surface area (Å²) in [5, 5.41) is 4.33. The van der Waals surface area contributed by atoms with Crippen LogP contribution in [-0.2, 0) is 13.5 Å². The van der Waals surface area contributed by atoms with Crippen molar-refractivity contribution in [3.63, 3.8) is 0 Å². The van der Waals surface area contributed by atoms with Crippen molar-refractivity contribution in [2.24, 2.45) is 7.05 Å². The van der Waals surface area contributed by atoms with E-state index in [1.165, 1.54) is 0 Å². The van der Waals surface area contributed by atoms with Crippen LogP contribution in [0.3, 0.4) is 0 Å². The molecule has 0 amide bonds. The highest BCUT2D eigenvalue weighted by atomic mass is 16.1. The highest BCUT2D eigenvalue weighted by Crippen LogP contribution is 2.16. The fourth-order valence-corrected chi connectivity index (χ4v) is 2.08. The number of hydrogen-bond donors (Lipinski definition) is 0. The SMILES string of the molecule is Cc1ccncc1C(=O)Cc1c(C)nn(C)c1C. The molecule has 2 aromatic heterocycles. The Kier molecular flexibility index (Phi) is 3.28. The summed E-state index contributed by atoms with van der Waals surface area (Å²) in [7, 11) is 1.89. The van der Waals surface area contributed by atoms with Crippen LogP contribution in [0.2, 0.25) is 0 Å². The van der Waals surface area contributed by atoms with Gasteiger partial charge in [-0.1, -0.05) is 0 Å². The van der Waals surface area contributed by atoms with Gasteiger partial charge in [-0.05, 0) is 32.4 Å². The van der Waals surface area contributed by atoms with Crippen LogP contribution in [0.25, 0.3) is 0 Å². The molecule has 0 saturated heterocycles. The molecular formula is C14H17N3O. The standard InChI is InChI=1S/C14H17N3O/c1-9-5-6-15-8-13(9)14(18)7-12-10(2)16-17(4)11(12)3/h5-6,8H,7H2,1-4H3. The smallest absolute Gasteiger partial charge is 0.169 e. The lowest BCUT2D eigenvalue weighted by molar-refractivity contribution is 0.0991. The Morgan fingerprint density at radius 1 is 1.33 bits per heavy atom. The van der Waals surface area contributed by atoms with Crippen LogP contribution in [-0.4, -0.2) is 20.5 Å². The second kappa shape index (κ2) is 4.72. The predicted molar refractivity (Wildman–Crippen MR) is 69.7 cm³/mol. The number of Topliss-reactive ketones (excluding diaryl/α,β-unsaturated/α-hetero) is 1. The van der Waals surface area contributed by atoms with Gasteiger partial charge in [-0.15, -0.1) is 0 Å². The van der Waals surface area contributed by atoms with E-state index < -0.39 is 0 Å². The van der Waals surface area contributed by atoms with E-state index in [9.17, 15) is 4.79 Å². The molecule has 0 radical (unpaired) electrons. The minimum Gasteiger partial charge on any atom is -0.294 e. The largest absolute Gasteiger partial charge is 0.294 e. The molecule has 18 heavy (non-hydrogen) atoms. The number of aromatic nitrogens is 3. The van der Waals surface area contributed by atoms with Crippen molar-refractivity contribution in [3.8, 4) is 0 Å². The number of aryl methyl sites for hydroxylation is 3. The Morgan fingerprint density at radius 2 is 2.06 bits per heavy atom. The van der Waals surface area contributed by atoms with Gasteiger partial charge in [-0.2, -0.15) is 5.10 Å². The second-order valence-corrected chi connectivity index (χ2v) is 4.56. The fraction of sp³-hybridized carbons (Fsp3) is 0.357. The quantitative estimate of drug-likeness (QED) is 0.776. The summed E-state index contributed by atoms with van der Waals surface area (Å²) in [5.74, 6) is 0.0970. The maximum absolute atomic E-state index is 12.3. The number of hydrogen-bond acceptors (Lipinski definition) is 3. The van der Waals surface area contributed by atoms with Crippen LogP contribution >= 0.6 is 0 Å². The molecule has 0 N–H and O–H groups in total. The van der Waals surface area contributed by atoms with Gasteiger partial charge in [0, 0.05) is 42.7 Å². The van der Waals surface area contributed by atoms with Crippen molar-refractivity contribution in [1.82, 2.24) is 14.8 Å². The van der Waals surface area contributed by atoms with E-state index in [1.807, 2.05) is 38.6 Å². The lowest BCUT2D eigenvalue weighted by atomic mass is 10.00. The van der Waals surface area contributed by atoms with E-state index in [0.29, 0.717) is 12.0 Å². The number of pyridine rings is 1. The molecule has 94 valence electrons. The zero-order valence-electron chi connectivity index (χ0n) is 11.2. The molecule has 0 aliphatic carbocycles. The van der Waals surface area contributed by atoms with Crippen molar-refractivity contribution in [3.05, 3.63) is 46.5 Å². The Labute approximate surface area is 107 Å². The monoisotopic (exact) mass is 243 g/mol. The number of rotatable bonds is 3. The molecule has 0 fully saturated rings.